The van der Waals surface area contributed by atoms with Gasteiger partial charge in [-0.25, -0.2) is 8.42 Å². The number of hydrogen-bond donors (Lipinski definition) is 1. The van der Waals surface area contributed by atoms with E-state index in [2.05, 4.69) is 10.5 Å². The molecule has 1 amide bonds. The van der Waals surface area contributed by atoms with Crippen LogP contribution in [0.5, 0.6) is 0 Å². The van der Waals surface area contributed by atoms with Crippen molar-refractivity contribution in [3.05, 3.63) is 47.7 Å². The van der Waals surface area contributed by atoms with E-state index < -0.39 is 22.0 Å². The summed E-state index contributed by atoms with van der Waals surface area (Å²) in [5.74, 6) is 0.331. The Labute approximate surface area is 135 Å². The Balaban J connectivity index is 2.14. The molecule has 0 aliphatic carbocycles. The smallest absolute Gasteiger partial charge is 0.240 e. The summed E-state index contributed by atoms with van der Waals surface area (Å²) in [7, 11) is -3.57. The second kappa shape index (κ2) is 6.93. The highest BCUT2D eigenvalue weighted by atomic mass is 32.2. The van der Waals surface area contributed by atoms with E-state index in [0.29, 0.717) is 5.76 Å². The van der Waals surface area contributed by atoms with Crippen molar-refractivity contribution < 1.29 is 17.7 Å². The van der Waals surface area contributed by atoms with Gasteiger partial charge in [0.05, 0.1) is 12.8 Å². The largest absolute Gasteiger partial charge is 0.360 e. The molecule has 1 aromatic heterocycles. The third kappa shape index (κ3) is 4.64. The highest BCUT2D eigenvalue weighted by Gasteiger charge is 2.27. The van der Waals surface area contributed by atoms with E-state index in [0.717, 1.165) is 16.1 Å². The van der Waals surface area contributed by atoms with Crippen LogP contribution >= 0.6 is 0 Å². The maximum Gasteiger partial charge on any atom is 0.240 e. The van der Waals surface area contributed by atoms with Crippen LogP contribution in [0.15, 0.2) is 40.9 Å². The van der Waals surface area contributed by atoms with Crippen LogP contribution < -0.4 is 5.32 Å². The molecule has 0 fully saturated rings. The molecule has 1 aromatic carbocycles. The molecule has 0 bridgehead atoms. The summed E-state index contributed by atoms with van der Waals surface area (Å²) in [6, 6.07) is 10.2. The summed E-state index contributed by atoms with van der Waals surface area (Å²) in [5.41, 5.74) is 0.808. The minimum absolute atomic E-state index is 0.258. The lowest BCUT2D eigenvalue weighted by Crippen LogP contribution is -2.39. The number of nitrogens with zero attached hydrogens (tertiary/aromatic N) is 2. The van der Waals surface area contributed by atoms with Crippen molar-refractivity contribution in [1.82, 2.24) is 9.46 Å². The van der Waals surface area contributed by atoms with E-state index in [9.17, 15) is 13.2 Å². The van der Waals surface area contributed by atoms with Crippen LogP contribution in [-0.4, -0.2) is 36.6 Å². The molecule has 0 saturated carbocycles. The average molecular weight is 337 g/mol. The number of amides is 1. The number of carbonyl (C=O) groups is 1. The number of hydrogen-bond acceptors (Lipinski definition) is 5. The van der Waals surface area contributed by atoms with E-state index in [-0.39, 0.29) is 12.4 Å². The van der Waals surface area contributed by atoms with Gasteiger partial charge in [0.1, 0.15) is 5.76 Å². The molecule has 2 rings (SSSR count). The Morgan fingerprint density at radius 2 is 2.00 bits per heavy atom. The number of nitrogens with one attached hydrogen (secondary N) is 1. The van der Waals surface area contributed by atoms with E-state index in [4.69, 9.17) is 4.52 Å². The van der Waals surface area contributed by atoms with E-state index >= 15 is 0 Å². The predicted octanol–water partition coefficient (Wildman–Crippen LogP) is 1.94. The summed E-state index contributed by atoms with van der Waals surface area (Å²) in [6.45, 7) is 3.13. The van der Waals surface area contributed by atoms with Gasteiger partial charge in [-0.15, -0.1) is 0 Å². The fourth-order valence-electron chi connectivity index (χ4n) is 2.19. The van der Waals surface area contributed by atoms with Crippen LogP contribution in [0.4, 0.5) is 5.82 Å². The van der Waals surface area contributed by atoms with Crippen molar-refractivity contribution >= 4 is 21.7 Å². The van der Waals surface area contributed by atoms with E-state index in [1.165, 1.54) is 0 Å². The summed E-state index contributed by atoms with van der Waals surface area (Å²) in [4.78, 5) is 12.1. The molecule has 7 nitrogen and oxygen atoms in total. The summed E-state index contributed by atoms with van der Waals surface area (Å²) >= 11 is 0. The average Bonchev–Trinajstić information content (AvgIpc) is 2.89. The first-order chi connectivity index (χ1) is 10.8. The first kappa shape index (κ1) is 17.2. The van der Waals surface area contributed by atoms with Crippen LogP contribution in [0.25, 0.3) is 0 Å². The van der Waals surface area contributed by atoms with Gasteiger partial charge in [0.25, 0.3) is 0 Å². The summed E-state index contributed by atoms with van der Waals surface area (Å²) in [6.07, 6.45) is 1.08. The SMILES string of the molecule is Cc1cc(NC(=O)CN(C(C)c2ccccc2)S(C)(=O)=O)no1. The molecule has 1 N–H and O–H groups in total. The highest BCUT2D eigenvalue weighted by molar-refractivity contribution is 7.88. The fourth-order valence-corrected chi connectivity index (χ4v) is 3.24. The maximum absolute atomic E-state index is 12.1. The van der Waals surface area contributed by atoms with Gasteiger partial charge in [0.15, 0.2) is 5.82 Å². The number of sulfonamides is 1. The lowest BCUT2D eigenvalue weighted by molar-refractivity contribution is -0.116. The van der Waals surface area contributed by atoms with Gasteiger partial charge < -0.3 is 9.84 Å². The van der Waals surface area contributed by atoms with Crippen molar-refractivity contribution in [2.45, 2.75) is 19.9 Å². The maximum atomic E-state index is 12.1. The first-order valence-electron chi connectivity index (χ1n) is 7.02. The van der Waals surface area contributed by atoms with Gasteiger partial charge in [0, 0.05) is 12.1 Å². The van der Waals surface area contributed by atoms with Crippen molar-refractivity contribution in [2.75, 3.05) is 18.1 Å². The van der Waals surface area contributed by atoms with Crippen LogP contribution in [0.2, 0.25) is 0 Å². The molecular weight excluding hydrogens is 318 g/mol. The molecule has 0 aliphatic heterocycles. The third-order valence-corrected chi connectivity index (χ3v) is 4.63. The standard InChI is InChI=1S/C15H19N3O4S/c1-11-9-14(17-22-11)16-15(19)10-18(23(3,20)21)12(2)13-7-5-4-6-8-13/h4-9,12H,10H2,1-3H3,(H,16,17,19). The van der Waals surface area contributed by atoms with Gasteiger partial charge in [-0.3, -0.25) is 4.79 Å². The number of rotatable bonds is 6. The van der Waals surface area contributed by atoms with Crippen molar-refractivity contribution in [3.8, 4) is 0 Å². The van der Waals surface area contributed by atoms with Crippen molar-refractivity contribution in [3.63, 3.8) is 0 Å². The van der Waals surface area contributed by atoms with Crippen LogP contribution in [0.1, 0.15) is 24.3 Å². The van der Waals surface area contributed by atoms with E-state index in [1.54, 1.807) is 19.9 Å². The zero-order chi connectivity index (χ0) is 17.0. The monoisotopic (exact) mass is 337 g/mol. The minimum atomic E-state index is -3.57. The fraction of sp³-hybridized carbons (Fsp3) is 0.333. The number of aromatic nitrogens is 1. The lowest BCUT2D eigenvalue weighted by Gasteiger charge is -2.26. The Bertz CT molecular complexity index is 771. The van der Waals surface area contributed by atoms with Gasteiger partial charge in [-0.1, -0.05) is 35.5 Å². The van der Waals surface area contributed by atoms with Gasteiger partial charge in [-0.2, -0.15) is 4.31 Å². The third-order valence-electron chi connectivity index (χ3n) is 3.33. The lowest BCUT2D eigenvalue weighted by atomic mass is 10.1. The number of aryl methyl sites for hydroxylation is 1. The van der Waals surface area contributed by atoms with Gasteiger partial charge >= 0.3 is 0 Å². The van der Waals surface area contributed by atoms with Crippen molar-refractivity contribution in [1.29, 1.82) is 0 Å². The molecule has 2 aromatic rings. The first-order valence-corrected chi connectivity index (χ1v) is 8.87. The molecule has 0 radical (unpaired) electrons. The number of anilines is 1. The molecule has 1 unspecified atom stereocenters. The second-order valence-electron chi connectivity index (χ2n) is 5.27. The molecule has 23 heavy (non-hydrogen) atoms. The number of benzene rings is 1. The molecule has 0 saturated heterocycles. The van der Waals surface area contributed by atoms with Crippen LogP contribution in [0.3, 0.4) is 0 Å². The molecular formula is C15H19N3O4S. The molecule has 0 spiro atoms. The predicted molar refractivity (Wildman–Crippen MR) is 86.3 cm³/mol. The van der Waals surface area contributed by atoms with Gasteiger partial charge in [0.2, 0.25) is 15.9 Å². The Kier molecular flexibility index (Phi) is 5.17. The highest BCUT2D eigenvalue weighted by Crippen LogP contribution is 2.22. The molecule has 1 heterocycles. The quantitative estimate of drug-likeness (QED) is 0.869. The Hall–Kier alpha value is -2.19. The Morgan fingerprint density at radius 3 is 2.52 bits per heavy atom. The molecule has 1 atom stereocenters. The van der Waals surface area contributed by atoms with Crippen LogP contribution in [0, 0.1) is 6.92 Å². The zero-order valence-electron chi connectivity index (χ0n) is 13.2. The number of carbonyl (C=O) groups excluding carboxylic acids is 1. The minimum Gasteiger partial charge on any atom is -0.360 e. The summed E-state index contributed by atoms with van der Waals surface area (Å²) < 4.78 is 30.1. The molecule has 8 heteroatoms. The topological polar surface area (TPSA) is 92.5 Å². The normalized spacial score (nSPS) is 13.0. The molecule has 0 aliphatic rings. The van der Waals surface area contributed by atoms with E-state index in [1.807, 2.05) is 30.3 Å². The van der Waals surface area contributed by atoms with Crippen LogP contribution in [-0.2, 0) is 14.8 Å². The van der Waals surface area contributed by atoms with Crippen molar-refractivity contribution in [2.24, 2.45) is 0 Å². The summed E-state index contributed by atoms with van der Waals surface area (Å²) in [5, 5.41) is 6.18. The molecule has 124 valence electrons. The second-order valence-corrected chi connectivity index (χ2v) is 7.20. The zero-order valence-corrected chi connectivity index (χ0v) is 14.0. The Morgan fingerprint density at radius 1 is 1.35 bits per heavy atom. The van der Waals surface area contributed by atoms with Gasteiger partial charge in [-0.05, 0) is 19.4 Å².